The molecule has 18 heavy (non-hydrogen) atoms. The molecule has 0 saturated carbocycles. The molecule has 0 fully saturated rings. The Labute approximate surface area is 118 Å². The monoisotopic (exact) mass is 348 g/mol. The fourth-order valence-electron chi connectivity index (χ4n) is 1.89. The minimum atomic E-state index is -0.0475. The van der Waals surface area contributed by atoms with Crippen molar-refractivity contribution in [3.8, 4) is 0 Å². The Kier molecular flexibility index (Phi) is 2.87. The van der Waals surface area contributed by atoms with Gasteiger partial charge in [0.1, 0.15) is 6.33 Å². The second-order valence-corrected chi connectivity index (χ2v) is 5.05. The zero-order chi connectivity index (χ0) is 12.5. The van der Waals surface area contributed by atoms with Gasteiger partial charge in [-0.3, -0.25) is 9.36 Å². The highest BCUT2D eigenvalue weighted by molar-refractivity contribution is 14.1. The number of benzene rings is 2. The van der Waals surface area contributed by atoms with Crippen LogP contribution < -0.4 is 0 Å². The number of rotatable bonds is 1. The van der Waals surface area contributed by atoms with Crippen molar-refractivity contribution in [1.29, 1.82) is 0 Å². The molecule has 0 N–H and O–H groups in total. The highest BCUT2D eigenvalue weighted by Gasteiger charge is 2.14. The Morgan fingerprint density at radius 3 is 2.61 bits per heavy atom. The van der Waals surface area contributed by atoms with E-state index in [1.54, 1.807) is 10.9 Å². The van der Waals surface area contributed by atoms with E-state index in [1.807, 2.05) is 48.5 Å². The fraction of sp³-hybridized carbons (Fsp3) is 0. The van der Waals surface area contributed by atoms with Gasteiger partial charge in [0.2, 0.25) is 0 Å². The van der Waals surface area contributed by atoms with Crippen molar-refractivity contribution in [3.05, 3.63) is 64.0 Å². The van der Waals surface area contributed by atoms with E-state index in [2.05, 4.69) is 27.6 Å². The first kappa shape index (κ1) is 11.4. The second kappa shape index (κ2) is 4.53. The molecule has 0 aliphatic rings. The number of hydrogen-bond donors (Lipinski definition) is 0. The predicted octanol–water partition coefficient (Wildman–Crippen LogP) is 3.33. The first-order valence-corrected chi connectivity index (χ1v) is 6.56. The quantitative estimate of drug-likeness (QED) is 0.633. The summed E-state index contributed by atoms with van der Waals surface area (Å²) in [5.41, 5.74) is 2.36. The van der Waals surface area contributed by atoms with Crippen LogP contribution in [0, 0.1) is 3.57 Å². The van der Waals surface area contributed by atoms with Crippen molar-refractivity contribution in [2.75, 3.05) is 0 Å². The molecule has 0 radical (unpaired) electrons. The molecule has 0 spiro atoms. The van der Waals surface area contributed by atoms with Crippen molar-refractivity contribution < 1.29 is 4.79 Å². The van der Waals surface area contributed by atoms with Crippen molar-refractivity contribution in [2.24, 2.45) is 0 Å². The summed E-state index contributed by atoms with van der Waals surface area (Å²) in [6.07, 6.45) is 1.58. The molecule has 3 aromatic rings. The fourth-order valence-corrected chi connectivity index (χ4v) is 2.50. The van der Waals surface area contributed by atoms with Crippen LogP contribution in [0.3, 0.4) is 0 Å². The minimum absolute atomic E-state index is 0.0475. The Morgan fingerprint density at radius 1 is 1.06 bits per heavy atom. The number of aromatic nitrogens is 2. The third kappa shape index (κ3) is 1.82. The van der Waals surface area contributed by atoms with E-state index in [-0.39, 0.29) is 5.91 Å². The largest absolute Gasteiger partial charge is 0.268 e. The van der Waals surface area contributed by atoms with E-state index >= 15 is 0 Å². The van der Waals surface area contributed by atoms with Crippen LogP contribution in [0.1, 0.15) is 10.4 Å². The standard InChI is InChI=1S/C14H9IN2O/c15-11-6-2-1-5-10(11)14(18)17-9-16-12-7-3-4-8-13(12)17/h1-9H. The van der Waals surface area contributed by atoms with Gasteiger partial charge < -0.3 is 0 Å². The SMILES string of the molecule is O=C(c1ccccc1I)n1cnc2ccccc21. The lowest BCUT2D eigenvalue weighted by Crippen LogP contribution is -2.12. The summed E-state index contributed by atoms with van der Waals surface area (Å²) in [6.45, 7) is 0. The average molecular weight is 348 g/mol. The maximum atomic E-state index is 12.5. The lowest BCUT2D eigenvalue weighted by Gasteiger charge is -2.04. The van der Waals surface area contributed by atoms with Crippen LogP contribution in [-0.4, -0.2) is 15.5 Å². The van der Waals surface area contributed by atoms with E-state index in [0.29, 0.717) is 5.56 Å². The molecular weight excluding hydrogens is 339 g/mol. The molecule has 0 aliphatic heterocycles. The smallest absolute Gasteiger partial charge is 0.264 e. The summed E-state index contributed by atoms with van der Waals surface area (Å²) in [5.74, 6) is -0.0475. The van der Waals surface area contributed by atoms with Gasteiger partial charge in [-0.05, 0) is 46.9 Å². The van der Waals surface area contributed by atoms with Crippen molar-refractivity contribution in [3.63, 3.8) is 0 Å². The highest BCUT2D eigenvalue weighted by atomic mass is 127. The first-order chi connectivity index (χ1) is 8.77. The second-order valence-electron chi connectivity index (χ2n) is 3.89. The van der Waals surface area contributed by atoms with Crippen LogP contribution >= 0.6 is 22.6 Å². The minimum Gasteiger partial charge on any atom is -0.268 e. The summed E-state index contributed by atoms with van der Waals surface area (Å²) in [5, 5.41) is 0. The van der Waals surface area contributed by atoms with Crippen molar-refractivity contribution in [1.82, 2.24) is 9.55 Å². The number of carbonyl (C=O) groups excluding carboxylic acids is 1. The Bertz CT molecular complexity index is 733. The molecule has 88 valence electrons. The normalized spacial score (nSPS) is 10.7. The van der Waals surface area contributed by atoms with Crippen LogP contribution in [0.5, 0.6) is 0 Å². The maximum absolute atomic E-state index is 12.5. The molecule has 3 nitrogen and oxygen atoms in total. The molecular formula is C14H9IN2O. The Hall–Kier alpha value is -1.69. The topological polar surface area (TPSA) is 34.9 Å². The van der Waals surface area contributed by atoms with E-state index in [1.165, 1.54) is 0 Å². The van der Waals surface area contributed by atoms with Gasteiger partial charge in [-0.25, -0.2) is 4.98 Å². The third-order valence-corrected chi connectivity index (χ3v) is 3.72. The number of para-hydroxylation sites is 2. The number of fused-ring (bicyclic) bond motifs is 1. The van der Waals surface area contributed by atoms with Gasteiger partial charge in [-0.2, -0.15) is 0 Å². The van der Waals surface area contributed by atoms with E-state index < -0.39 is 0 Å². The van der Waals surface area contributed by atoms with Gasteiger partial charge in [0, 0.05) is 3.57 Å². The van der Waals surface area contributed by atoms with Crippen LogP contribution in [0.15, 0.2) is 54.9 Å². The third-order valence-electron chi connectivity index (χ3n) is 2.78. The van der Waals surface area contributed by atoms with E-state index in [4.69, 9.17) is 0 Å². The number of imidazole rings is 1. The molecule has 3 rings (SSSR count). The lowest BCUT2D eigenvalue weighted by molar-refractivity contribution is 0.0963. The summed E-state index contributed by atoms with van der Waals surface area (Å²) in [6, 6.07) is 15.2. The summed E-state index contributed by atoms with van der Waals surface area (Å²) < 4.78 is 2.53. The molecule has 0 saturated heterocycles. The molecule has 0 unspecified atom stereocenters. The molecule has 1 aromatic heterocycles. The summed E-state index contributed by atoms with van der Waals surface area (Å²) in [4.78, 5) is 16.7. The Morgan fingerprint density at radius 2 is 1.78 bits per heavy atom. The molecule has 1 heterocycles. The van der Waals surface area contributed by atoms with Gasteiger partial charge in [0.25, 0.3) is 5.91 Å². The number of nitrogens with zero attached hydrogens (tertiary/aromatic N) is 2. The summed E-state index contributed by atoms with van der Waals surface area (Å²) >= 11 is 2.17. The molecule has 0 aliphatic carbocycles. The maximum Gasteiger partial charge on any atom is 0.264 e. The number of hydrogen-bond acceptors (Lipinski definition) is 2. The highest BCUT2D eigenvalue weighted by Crippen LogP contribution is 2.17. The van der Waals surface area contributed by atoms with E-state index in [0.717, 1.165) is 14.6 Å². The van der Waals surface area contributed by atoms with Crippen LogP contribution in [0.2, 0.25) is 0 Å². The zero-order valence-corrected chi connectivity index (χ0v) is 11.5. The van der Waals surface area contributed by atoms with Crippen LogP contribution in [-0.2, 0) is 0 Å². The average Bonchev–Trinajstić information content (AvgIpc) is 2.82. The molecule has 0 atom stereocenters. The zero-order valence-electron chi connectivity index (χ0n) is 9.38. The summed E-state index contributed by atoms with van der Waals surface area (Å²) in [7, 11) is 0. The van der Waals surface area contributed by atoms with Gasteiger partial charge in [-0.1, -0.05) is 24.3 Å². The Balaban J connectivity index is 2.16. The lowest BCUT2D eigenvalue weighted by atomic mass is 10.2. The van der Waals surface area contributed by atoms with Crippen molar-refractivity contribution in [2.45, 2.75) is 0 Å². The predicted molar refractivity (Wildman–Crippen MR) is 78.6 cm³/mol. The van der Waals surface area contributed by atoms with Crippen LogP contribution in [0.4, 0.5) is 0 Å². The van der Waals surface area contributed by atoms with Gasteiger partial charge in [0.05, 0.1) is 16.6 Å². The number of halogens is 1. The van der Waals surface area contributed by atoms with E-state index in [9.17, 15) is 4.79 Å². The van der Waals surface area contributed by atoms with Gasteiger partial charge >= 0.3 is 0 Å². The molecule has 2 aromatic carbocycles. The van der Waals surface area contributed by atoms with Crippen molar-refractivity contribution >= 4 is 39.5 Å². The van der Waals surface area contributed by atoms with Gasteiger partial charge in [-0.15, -0.1) is 0 Å². The van der Waals surface area contributed by atoms with Gasteiger partial charge in [0.15, 0.2) is 0 Å². The molecule has 0 bridgehead atoms. The first-order valence-electron chi connectivity index (χ1n) is 5.49. The molecule has 0 amide bonds. The number of carbonyl (C=O) groups is 1. The molecule has 4 heteroatoms. The van der Waals surface area contributed by atoms with Crippen LogP contribution in [0.25, 0.3) is 11.0 Å².